The fourth-order valence-electron chi connectivity index (χ4n) is 1.80. The largest absolute Gasteiger partial charge is 0.480 e. The Morgan fingerprint density at radius 2 is 2.29 bits per heavy atom. The molecule has 0 spiro atoms. The van der Waals surface area contributed by atoms with Crippen molar-refractivity contribution in [2.24, 2.45) is 0 Å². The molecule has 1 N–H and O–H groups in total. The number of carboxylic acids is 1. The predicted octanol–water partition coefficient (Wildman–Crippen LogP) is 1.25. The average Bonchev–Trinajstić information content (AvgIpc) is 2.48. The highest BCUT2D eigenvalue weighted by Crippen LogP contribution is 2.19. The van der Waals surface area contributed by atoms with Crippen LogP contribution in [0.15, 0.2) is 0 Å². The van der Waals surface area contributed by atoms with E-state index in [1.54, 1.807) is 0 Å². The van der Waals surface area contributed by atoms with E-state index in [0.29, 0.717) is 19.4 Å². The minimum absolute atomic E-state index is 0.00602. The third-order valence-electron chi connectivity index (χ3n) is 2.62. The molecule has 0 radical (unpaired) electrons. The maximum atomic E-state index is 11.3. The van der Waals surface area contributed by atoms with Gasteiger partial charge in [-0.2, -0.15) is 0 Å². The number of unbranched alkanes of at least 4 members (excludes halogenated alkanes) is 2. The van der Waals surface area contributed by atoms with Crippen LogP contribution in [0.3, 0.4) is 0 Å². The second kappa shape index (κ2) is 4.98. The molecular formula is C10H17NO3. The van der Waals surface area contributed by atoms with Gasteiger partial charge >= 0.3 is 5.97 Å². The van der Waals surface area contributed by atoms with E-state index in [1.165, 1.54) is 4.90 Å². The van der Waals surface area contributed by atoms with Gasteiger partial charge in [-0.1, -0.05) is 19.8 Å². The topological polar surface area (TPSA) is 57.6 Å². The Balaban J connectivity index is 2.45. The number of nitrogens with zero attached hydrogens (tertiary/aromatic N) is 1. The van der Waals surface area contributed by atoms with Gasteiger partial charge in [-0.05, 0) is 12.8 Å². The summed E-state index contributed by atoms with van der Waals surface area (Å²) in [6.07, 6.45) is 3.91. The second-order valence-electron chi connectivity index (χ2n) is 3.69. The van der Waals surface area contributed by atoms with E-state index in [1.807, 2.05) is 0 Å². The quantitative estimate of drug-likeness (QED) is 0.678. The molecule has 1 aliphatic heterocycles. The minimum atomic E-state index is -0.868. The van der Waals surface area contributed by atoms with E-state index >= 15 is 0 Å². The van der Waals surface area contributed by atoms with Crippen LogP contribution in [0.2, 0.25) is 0 Å². The number of carboxylic acid groups (broad SMARTS) is 1. The first-order valence-corrected chi connectivity index (χ1v) is 5.19. The van der Waals surface area contributed by atoms with Crippen molar-refractivity contribution in [1.82, 2.24) is 4.90 Å². The number of amides is 1. The van der Waals surface area contributed by atoms with Crippen LogP contribution in [0.25, 0.3) is 0 Å². The molecule has 1 atom stereocenters. The lowest BCUT2D eigenvalue weighted by atomic mass is 10.2. The monoisotopic (exact) mass is 199 g/mol. The highest BCUT2D eigenvalue weighted by atomic mass is 16.4. The Labute approximate surface area is 83.9 Å². The molecule has 4 nitrogen and oxygen atoms in total. The van der Waals surface area contributed by atoms with Gasteiger partial charge in [0.15, 0.2) is 0 Å². The van der Waals surface area contributed by atoms with Crippen LogP contribution in [0.1, 0.15) is 39.0 Å². The van der Waals surface area contributed by atoms with E-state index in [0.717, 1.165) is 19.3 Å². The van der Waals surface area contributed by atoms with E-state index < -0.39 is 12.0 Å². The SMILES string of the molecule is CCCCCN1C(=O)CCC1C(=O)O. The van der Waals surface area contributed by atoms with Crippen molar-refractivity contribution in [3.8, 4) is 0 Å². The second-order valence-corrected chi connectivity index (χ2v) is 3.69. The Morgan fingerprint density at radius 3 is 2.86 bits per heavy atom. The molecule has 0 saturated carbocycles. The summed E-state index contributed by atoms with van der Waals surface area (Å²) in [5.74, 6) is -0.874. The van der Waals surface area contributed by atoms with E-state index in [9.17, 15) is 9.59 Å². The van der Waals surface area contributed by atoms with Crippen LogP contribution in [0, 0.1) is 0 Å². The summed E-state index contributed by atoms with van der Waals surface area (Å²) in [6, 6.07) is -0.570. The third kappa shape index (κ3) is 2.47. The Kier molecular flexibility index (Phi) is 3.92. The first kappa shape index (κ1) is 11.0. The molecule has 0 bridgehead atoms. The van der Waals surface area contributed by atoms with Crippen LogP contribution in [-0.4, -0.2) is 34.5 Å². The molecule has 0 aliphatic carbocycles. The van der Waals surface area contributed by atoms with E-state index in [-0.39, 0.29) is 5.91 Å². The molecule has 0 aromatic heterocycles. The Bertz CT molecular complexity index is 227. The molecule has 4 heteroatoms. The average molecular weight is 199 g/mol. The van der Waals surface area contributed by atoms with Crippen molar-refractivity contribution < 1.29 is 14.7 Å². The third-order valence-corrected chi connectivity index (χ3v) is 2.62. The summed E-state index contributed by atoms with van der Waals surface area (Å²) in [6.45, 7) is 2.68. The molecule has 80 valence electrons. The normalized spacial score (nSPS) is 21.6. The maximum absolute atomic E-state index is 11.3. The lowest BCUT2D eigenvalue weighted by molar-refractivity contribution is -0.146. The Hall–Kier alpha value is -1.06. The molecule has 1 amide bonds. The fraction of sp³-hybridized carbons (Fsp3) is 0.800. The zero-order valence-corrected chi connectivity index (χ0v) is 8.53. The summed E-state index contributed by atoms with van der Waals surface area (Å²) < 4.78 is 0. The summed E-state index contributed by atoms with van der Waals surface area (Å²) in [7, 11) is 0. The molecule has 1 rings (SSSR count). The van der Waals surface area contributed by atoms with Crippen LogP contribution in [0.5, 0.6) is 0 Å². The number of carbonyl (C=O) groups excluding carboxylic acids is 1. The number of hydrogen-bond acceptors (Lipinski definition) is 2. The summed E-state index contributed by atoms with van der Waals surface area (Å²) in [4.78, 5) is 23.7. The van der Waals surface area contributed by atoms with Crippen molar-refractivity contribution in [3.05, 3.63) is 0 Å². The smallest absolute Gasteiger partial charge is 0.326 e. The highest BCUT2D eigenvalue weighted by Gasteiger charge is 2.35. The molecule has 1 fully saturated rings. The first-order valence-electron chi connectivity index (χ1n) is 5.19. The highest BCUT2D eigenvalue weighted by molar-refractivity contribution is 5.87. The molecule has 0 aromatic carbocycles. The number of hydrogen-bond donors (Lipinski definition) is 1. The van der Waals surface area contributed by atoms with Gasteiger partial charge in [0, 0.05) is 13.0 Å². The molecule has 0 aromatic rings. The van der Waals surface area contributed by atoms with Gasteiger partial charge < -0.3 is 10.0 Å². The number of aliphatic carboxylic acids is 1. The lowest BCUT2D eigenvalue weighted by Gasteiger charge is -2.21. The van der Waals surface area contributed by atoms with Crippen molar-refractivity contribution in [2.45, 2.75) is 45.1 Å². The van der Waals surface area contributed by atoms with E-state index in [4.69, 9.17) is 5.11 Å². The molecule has 1 heterocycles. The van der Waals surface area contributed by atoms with Gasteiger partial charge in [-0.25, -0.2) is 4.79 Å². The standard InChI is InChI=1S/C10H17NO3/c1-2-3-4-7-11-8(10(13)14)5-6-9(11)12/h8H,2-7H2,1H3,(H,13,14). The fourth-order valence-corrected chi connectivity index (χ4v) is 1.80. The maximum Gasteiger partial charge on any atom is 0.326 e. The zero-order valence-electron chi connectivity index (χ0n) is 8.53. The van der Waals surface area contributed by atoms with E-state index in [2.05, 4.69) is 6.92 Å². The molecule has 1 unspecified atom stereocenters. The van der Waals surface area contributed by atoms with Gasteiger partial charge in [-0.3, -0.25) is 4.79 Å². The predicted molar refractivity (Wildman–Crippen MR) is 51.9 cm³/mol. The van der Waals surface area contributed by atoms with Crippen molar-refractivity contribution in [2.75, 3.05) is 6.54 Å². The van der Waals surface area contributed by atoms with Crippen molar-refractivity contribution >= 4 is 11.9 Å². The molecule has 1 aliphatic rings. The van der Waals surface area contributed by atoms with Crippen molar-refractivity contribution in [1.29, 1.82) is 0 Å². The molecular weight excluding hydrogens is 182 g/mol. The van der Waals surface area contributed by atoms with Crippen LogP contribution in [0.4, 0.5) is 0 Å². The van der Waals surface area contributed by atoms with Crippen LogP contribution in [-0.2, 0) is 9.59 Å². The Morgan fingerprint density at radius 1 is 1.57 bits per heavy atom. The lowest BCUT2D eigenvalue weighted by Crippen LogP contribution is -2.39. The van der Waals surface area contributed by atoms with Gasteiger partial charge in [-0.15, -0.1) is 0 Å². The van der Waals surface area contributed by atoms with Gasteiger partial charge in [0.2, 0.25) is 5.91 Å². The number of likely N-dealkylation sites (tertiary alicyclic amines) is 1. The van der Waals surface area contributed by atoms with Crippen molar-refractivity contribution in [3.63, 3.8) is 0 Å². The summed E-state index contributed by atoms with van der Waals surface area (Å²) in [5, 5.41) is 8.86. The molecule has 14 heavy (non-hydrogen) atoms. The zero-order chi connectivity index (χ0) is 10.6. The molecule has 1 saturated heterocycles. The van der Waals surface area contributed by atoms with Gasteiger partial charge in [0.1, 0.15) is 6.04 Å². The first-order chi connectivity index (χ1) is 6.66. The number of rotatable bonds is 5. The van der Waals surface area contributed by atoms with Crippen LogP contribution < -0.4 is 0 Å². The summed E-state index contributed by atoms with van der Waals surface area (Å²) >= 11 is 0. The van der Waals surface area contributed by atoms with Gasteiger partial charge in [0.25, 0.3) is 0 Å². The van der Waals surface area contributed by atoms with Crippen LogP contribution >= 0.6 is 0 Å². The number of carbonyl (C=O) groups is 2. The minimum Gasteiger partial charge on any atom is -0.480 e. The van der Waals surface area contributed by atoms with Gasteiger partial charge in [0.05, 0.1) is 0 Å². The summed E-state index contributed by atoms with van der Waals surface area (Å²) in [5.41, 5.74) is 0.